The van der Waals surface area contributed by atoms with Crippen molar-refractivity contribution in [1.29, 1.82) is 0 Å². The molecule has 0 bridgehead atoms. The Morgan fingerprint density at radius 3 is 1.56 bits per heavy atom. The van der Waals surface area contributed by atoms with E-state index in [0.717, 1.165) is 18.4 Å². The lowest BCUT2D eigenvalue weighted by molar-refractivity contribution is 0.131. The zero-order valence-corrected chi connectivity index (χ0v) is 13.3. The molecule has 2 rings (SSSR count). The molecule has 0 saturated heterocycles. The summed E-state index contributed by atoms with van der Waals surface area (Å²) in [6.45, 7) is 7.35. The maximum absolute atomic E-state index is 5.08. The van der Waals surface area contributed by atoms with Crippen molar-refractivity contribution in [2.24, 2.45) is 11.8 Å². The molecule has 0 amide bonds. The van der Waals surface area contributed by atoms with Gasteiger partial charge < -0.3 is 4.74 Å². The zero-order chi connectivity index (χ0) is 13.6. The van der Waals surface area contributed by atoms with Crippen molar-refractivity contribution in [3.05, 3.63) is 0 Å². The molecule has 0 spiro atoms. The minimum Gasteiger partial charge on any atom is -0.384 e. The van der Waals surface area contributed by atoms with Crippen LogP contribution in [0.2, 0.25) is 0 Å². The summed E-state index contributed by atoms with van der Waals surface area (Å²) in [6.07, 6.45) is 14.5. The quantitative estimate of drug-likeness (QED) is 0.604. The van der Waals surface area contributed by atoms with E-state index in [1.807, 2.05) is 13.8 Å². The smallest absolute Gasteiger partial charge is 0.0490 e. The van der Waals surface area contributed by atoms with Gasteiger partial charge in [-0.3, -0.25) is 0 Å². The summed E-state index contributed by atoms with van der Waals surface area (Å²) < 4.78 is 5.08. The molecule has 0 aliphatic heterocycles. The third kappa shape index (κ3) is 9.94. The molecule has 110 valence electrons. The van der Waals surface area contributed by atoms with Gasteiger partial charge in [-0.25, -0.2) is 0 Å². The third-order valence-electron chi connectivity index (χ3n) is 4.02. The highest BCUT2D eigenvalue weighted by Crippen LogP contribution is 2.23. The van der Waals surface area contributed by atoms with Gasteiger partial charge in [-0.05, 0) is 24.7 Å². The molecular formula is C17H36O. The molecule has 0 unspecified atom stereocenters. The summed E-state index contributed by atoms with van der Waals surface area (Å²) in [6, 6.07) is 0. The normalized spacial score (nSPS) is 21.3. The van der Waals surface area contributed by atoms with Crippen LogP contribution in [0.25, 0.3) is 0 Å². The summed E-state index contributed by atoms with van der Waals surface area (Å²) in [7, 11) is 1.80. The van der Waals surface area contributed by atoms with Crippen LogP contribution in [0.15, 0.2) is 0 Å². The van der Waals surface area contributed by atoms with E-state index >= 15 is 0 Å². The fourth-order valence-electron chi connectivity index (χ4n) is 2.90. The van der Waals surface area contributed by atoms with Crippen molar-refractivity contribution < 1.29 is 4.74 Å². The first-order chi connectivity index (χ1) is 8.83. The number of ether oxygens (including phenoxy) is 1. The number of hydrogen-bond donors (Lipinski definition) is 0. The van der Waals surface area contributed by atoms with Gasteiger partial charge in [0.25, 0.3) is 0 Å². The van der Waals surface area contributed by atoms with Gasteiger partial charge in [-0.15, -0.1) is 0 Å². The van der Waals surface area contributed by atoms with E-state index in [1.165, 1.54) is 64.2 Å². The molecule has 0 N–H and O–H groups in total. The monoisotopic (exact) mass is 256 g/mol. The summed E-state index contributed by atoms with van der Waals surface area (Å²) in [5.41, 5.74) is 0. The molecule has 2 saturated carbocycles. The molecule has 2 aliphatic rings. The fraction of sp³-hybridized carbons (Fsp3) is 1.00. The van der Waals surface area contributed by atoms with Crippen LogP contribution in [0, 0.1) is 11.8 Å². The largest absolute Gasteiger partial charge is 0.384 e. The van der Waals surface area contributed by atoms with Crippen LogP contribution < -0.4 is 0 Å². The summed E-state index contributed by atoms with van der Waals surface area (Å²) in [5.74, 6) is 1.91. The molecule has 1 heteroatoms. The number of rotatable bonds is 2. The Kier molecular flexibility index (Phi) is 13.4. The molecule has 1 nitrogen and oxygen atoms in total. The van der Waals surface area contributed by atoms with E-state index in [-0.39, 0.29) is 0 Å². The van der Waals surface area contributed by atoms with Gasteiger partial charge in [0.15, 0.2) is 0 Å². The van der Waals surface area contributed by atoms with Crippen molar-refractivity contribution in [3.63, 3.8) is 0 Å². The predicted octanol–water partition coefficient (Wildman–Crippen LogP) is 5.83. The highest BCUT2D eigenvalue weighted by atomic mass is 16.5. The minimum atomic E-state index is 0.878. The van der Waals surface area contributed by atoms with E-state index in [2.05, 4.69) is 6.92 Å². The van der Waals surface area contributed by atoms with Gasteiger partial charge >= 0.3 is 0 Å². The Labute approximate surface area is 116 Å². The average molecular weight is 256 g/mol. The molecule has 0 atom stereocenters. The molecule has 0 radical (unpaired) electrons. The van der Waals surface area contributed by atoms with Gasteiger partial charge in [0.05, 0.1) is 0 Å². The first-order valence-electron chi connectivity index (χ1n) is 8.32. The van der Waals surface area contributed by atoms with Gasteiger partial charge in [0.1, 0.15) is 0 Å². The highest BCUT2D eigenvalue weighted by Gasteiger charge is 2.11. The number of hydrogen-bond acceptors (Lipinski definition) is 1. The van der Waals surface area contributed by atoms with Crippen LogP contribution in [0.5, 0.6) is 0 Å². The molecule has 2 fully saturated rings. The molecule has 0 heterocycles. The molecule has 0 aromatic rings. The molecular weight excluding hydrogens is 220 g/mol. The van der Waals surface area contributed by atoms with Gasteiger partial charge in [0.2, 0.25) is 0 Å². The van der Waals surface area contributed by atoms with Crippen molar-refractivity contribution in [3.8, 4) is 0 Å². The Balaban J connectivity index is 0.000000289. The van der Waals surface area contributed by atoms with Crippen LogP contribution >= 0.6 is 0 Å². The third-order valence-corrected chi connectivity index (χ3v) is 4.02. The second kappa shape index (κ2) is 13.4. The SMILES string of the molecule is CC.CC1CCCCC1.COCC1CCCCC1. The topological polar surface area (TPSA) is 9.23 Å². The standard InChI is InChI=1S/C8H16O.C7H14.C2H6/c1-9-7-8-5-3-2-4-6-8;1-7-5-3-2-4-6-7;1-2/h8H,2-7H2,1H3;7H,2-6H2,1H3;1-2H3. The zero-order valence-electron chi connectivity index (χ0n) is 13.3. The highest BCUT2D eigenvalue weighted by molar-refractivity contribution is 4.64. The average Bonchev–Trinajstić information content (AvgIpc) is 2.44. The second-order valence-corrected chi connectivity index (χ2v) is 5.70. The summed E-state index contributed by atoms with van der Waals surface area (Å²) >= 11 is 0. The van der Waals surface area contributed by atoms with E-state index in [9.17, 15) is 0 Å². The van der Waals surface area contributed by atoms with Crippen molar-refractivity contribution in [1.82, 2.24) is 0 Å². The molecule has 0 aromatic heterocycles. The van der Waals surface area contributed by atoms with E-state index in [4.69, 9.17) is 4.74 Å². The Morgan fingerprint density at radius 1 is 0.778 bits per heavy atom. The minimum absolute atomic E-state index is 0.878. The van der Waals surface area contributed by atoms with Crippen molar-refractivity contribution >= 4 is 0 Å². The Hall–Kier alpha value is -0.0400. The van der Waals surface area contributed by atoms with Gasteiger partial charge in [-0.1, -0.05) is 72.1 Å². The van der Waals surface area contributed by atoms with E-state index in [1.54, 1.807) is 7.11 Å². The van der Waals surface area contributed by atoms with Crippen LogP contribution in [0.1, 0.15) is 85.0 Å². The molecule has 2 aliphatic carbocycles. The van der Waals surface area contributed by atoms with Crippen LogP contribution in [-0.2, 0) is 4.74 Å². The fourth-order valence-corrected chi connectivity index (χ4v) is 2.90. The van der Waals surface area contributed by atoms with Crippen molar-refractivity contribution in [2.45, 2.75) is 85.0 Å². The van der Waals surface area contributed by atoms with Crippen LogP contribution in [0.3, 0.4) is 0 Å². The second-order valence-electron chi connectivity index (χ2n) is 5.70. The van der Waals surface area contributed by atoms with Crippen LogP contribution in [-0.4, -0.2) is 13.7 Å². The van der Waals surface area contributed by atoms with Crippen LogP contribution in [0.4, 0.5) is 0 Å². The van der Waals surface area contributed by atoms with Gasteiger partial charge in [0, 0.05) is 13.7 Å². The summed E-state index contributed by atoms with van der Waals surface area (Å²) in [4.78, 5) is 0. The lowest BCUT2D eigenvalue weighted by Crippen LogP contribution is -2.11. The Morgan fingerprint density at radius 2 is 1.22 bits per heavy atom. The van der Waals surface area contributed by atoms with E-state index < -0.39 is 0 Å². The lowest BCUT2D eigenvalue weighted by Gasteiger charge is -2.19. The maximum atomic E-state index is 5.08. The molecule has 18 heavy (non-hydrogen) atoms. The lowest BCUT2D eigenvalue weighted by atomic mass is 9.90. The van der Waals surface area contributed by atoms with E-state index in [0.29, 0.717) is 0 Å². The first kappa shape index (κ1) is 18.0. The Bertz CT molecular complexity index is 141. The first-order valence-corrected chi connectivity index (χ1v) is 8.32. The summed E-state index contributed by atoms with van der Waals surface area (Å²) in [5, 5.41) is 0. The van der Waals surface area contributed by atoms with Gasteiger partial charge in [-0.2, -0.15) is 0 Å². The maximum Gasteiger partial charge on any atom is 0.0490 e. The predicted molar refractivity (Wildman–Crippen MR) is 82.0 cm³/mol. The number of methoxy groups -OCH3 is 1. The van der Waals surface area contributed by atoms with Crippen molar-refractivity contribution in [2.75, 3.05) is 13.7 Å². The molecule has 0 aromatic carbocycles.